The van der Waals surface area contributed by atoms with Crippen LogP contribution in [0.2, 0.25) is 0 Å². The standard InChI is InChI=1S/C14H15IN2O4/c1-21-12(18)6-5-11(13(16)19)17-7-9-8(14(17)20)3-2-4-10(9)15/h2-4,11H,5-7H2,1H3,(H2,16,19). The third-order valence-electron chi connectivity index (χ3n) is 3.49. The molecular weight excluding hydrogens is 387 g/mol. The van der Waals surface area contributed by atoms with Gasteiger partial charge in [0.1, 0.15) is 6.04 Å². The molecule has 2 rings (SSSR count). The Morgan fingerprint density at radius 2 is 2.19 bits per heavy atom. The van der Waals surface area contributed by atoms with Crippen LogP contribution in [0.4, 0.5) is 0 Å². The van der Waals surface area contributed by atoms with Gasteiger partial charge in [0, 0.05) is 22.1 Å². The summed E-state index contributed by atoms with van der Waals surface area (Å²) < 4.78 is 5.52. The zero-order chi connectivity index (χ0) is 15.6. The molecule has 0 aliphatic carbocycles. The first-order valence-electron chi connectivity index (χ1n) is 6.40. The van der Waals surface area contributed by atoms with Gasteiger partial charge in [0.25, 0.3) is 5.91 Å². The maximum absolute atomic E-state index is 12.4. The second-order valence-electron chi connectivity index (χ2n) is 4.73. The van der Waals surface area contributed by atoms with Gasteiger partial charge in [-0.05, 0) is 46.7 Å². The van der Waals surface area contributed by atoms with Crippen LogP contribution >= 0.6 is 22.6 Å². The van der Waals surface area contributed by atoms with E-state index < -0.39 is 17.9 Å². The average Bonchev–Trinajstić information content (AvgIpc) is 2.78. The van der Waals surface area contributed by atoms with Crippen LogP contribution < -0.4 is 5.73 Å². The van der Waals surface area contributed by atoms with Gasteiger partial charge < -0.3 is 15.4 Å². The van der Waals surface area contributed by atoms with E-state index in [4.69, 9.17) is 5.73 Å². The molecule has 0 aromatic heterocycles. The van der Waals surface area contributed by atoms with E-state index in [9.17, 15) is 14.4 Å². The molecule has 1 unspecified atom stereocenters. The van der Waals surface area contributed by atoms with Crippen LogP contribution in [-0.2, 0) is 20.9 Å². The molecule has 0 fully saturated rings. The number of hydrogen-bond acceptors (Lipinski definition) is 4. The van der Waals surface area contributed by atoms with Gasteiger partial charge in [-0.3, -0.25) is 14.4 Å². The van der Waals surface area contributed by atoms with Crippen molar-refractivity contribution >= 4 is 40.4 Å². The molecule has 1 atom stereocenters. The van der Waals surface area contributed by atoms with E-state index in [2.05, 4.69) is 27.3 Å². The van der Waals surface area contributed by atoms with E-state index >= 15 is 0 Å². The lowest BCUT2D eigenvalue weighted by atomic mass is 10.1. The van der Waals surface area contributed by atoms with Crippen LogP contribution in [0.15, 0.2) is 18.2 Å². The van der Waals surface area contributed by atoms with Crippen LogP contribution in [0.1, 0.15) is 28.8 Å². The summed E-state index contributed by atoms with van der Waals surface area (Å²) in [5.74, 6) is -1.27. The van der Waals surface area contributed by atoms with Crippen molar-refractivity contribution < 1.29 is 19.1 Å². The third kappa shape index (κ3) is 3.17. The zero-order valence-electron chi connectivity index (χ0n) is 11.5. The maximum Gasteiger partial charge on any atom is 0.305 e. The van der Waals surface area contributed by atoms with Crippen molar-refractivity contribution in [2.45, 2.75) is 25.4 Å². The Kier molecular flexibility index (Phi) is 4.81. The second kappa shape index (κ2) is 6.42. The van der Waals surface area contributed by atoms with Gasteiger partial charge in [-0.25, -0.2) is 0 Å². The summed E-state index contributed by atoms with van der Waals surface area (Å²) in [5.41, 5.74) is 6.88. The molecule has 1 aliphatic rings. The number of nitrogens with two attached hydrogens (primary N) is 1. The highest BCUT2D eigenvalue weighted by Crippen LogP contribution is 2.29. The van der Waals surface area contributed by atoms with Crippen LogP contribution in [0, 0.1) is 3.57 Å². The van der Waals surface area contributed by atoms with E-state index in [1.807, 2.05) is 6.07 Å². The SMILES string of the molecule is COC(=O)CCC(C(N)=O)N1Cc2c(I)cccc2C1=O. The Morgan fingerprint density at radius 1 is 1.48 bits per heavy atom. The Hall–Kier alpha value is -1.64. The van der Waals surface area contributed by atoms with Crippen LogP contribution in [0.5, 0.6) is 0 Å². The molecule has 0 saturated carbocycles. The first-order valence-corrected chi connectivity index (χ1v) is 7.48. The average molecular weight is 402 g/mol. The fraction of sp³-hybridized carbons (Fsp3) is 0.357. The Balaban J connectivity index is 2.20. The van der Waals surface area contributed by atoms with Crippen molar-refractivity contribution in [2.75, 3.05) is 7.11 Å². The number of carbonyl (C=O) groups excluding carboxylic acids is 3. The number of amides is 2. The third-order valence-corrected chi connectivity index (χ3v) is 4.50. The molecule has 1 aromatic carbocycles. The molecule has 1 aliphatic heterocycles. The predicted molar refractivity (Wildman–Crippen MR) is 83.3 cm³/mol. The van der Waals surface area contributed by atoms with Crippen molar-refractivity contribution in [2.24, 2.45) is 5.73 Å². The molecule has 2 amide bonds. The lowest BCUT2D eigenvalue weighted by Gasteiger charge is -2.24. The maximum atomic E-state index is 12.4. The van der Waals surface area contributed by atoms with Crippen molar-refractivity contribution in [3.05, 3.63) is 32.9 Å². The van der Waals surface area contributed by atoms with Crippen LogP contribution in [-0.4, -0.2) is 35.8 Å². The van der Waals surface area contributed by atoms with Gasteiger partial charge in [0.05, 0.1) is 7.11 Å². The molecule has 0 radical (unpaired) electrons. The highest BCUT2D eigenvalue weighted by molar-refractivity contribution is 14.1. The molecular formula is C14H15IN2O4. The minimum absolute atomic E-state index is 0.0430. The van der Waals surface area contributed by atoms with Crippen molar-refractivity contribution in [1.29, 1.82) is 0 Å². The number of hydrogen-bond donors (Lipinski definition) is 1. The lowest BCUT2D eigenvalue weighted by Crippen LogP contribution is -2.45. The number of esters is 1. The van der Waals surface area contributed by atoms with E-state index in [1.165, 1.54) is 12.0 Å². The minimum Gasteiger partial charge on any atom is -0.469 e. The van der Waals surface area contributed by atoms with Gasteiger partial charge in [0.15, 0.2) is 0 Å². The van der Waals surface area contributed by atoms with Gasteiger partial charge >= 0.3 is 5.97 Å². The summed E-state index contributed by atoms with van der Waals surface area (Å²) in [4.78, 5) is 36.7. The molecule has 7 heteroatoms. The molecule has 2 N–H and O–H groups in total. The smallest absolute Gasteiger partial charge is 0.305 e. The monoisotopic (exact) mass is 402 g/mol. The minimum atomic E-state index is -0.806. The number of nitrogens with zero attached hydrogens (tertiary/aromatic N) is 1. The highest BCUT2D eigenvalue weighted by atomic mass is 127. The second-order valence-corrected chi connectivity index (χ2v) is 5.89. The molecule has 6 nitrogen and oxygen atoms in total. The number of benzene rings is 1. The molecule has 0 spiro atoms. The summed E-state index contributed by atoms with van der Waals surface area (Å²) in [6, 6.07) is 4.64. The number of halogens is 1. The van der Waals surface area contributed by atoms with Gasteiger partial charge in [-0.15, -0.1) is 0 Å². The molecule has 21 heavy (non-hydrogen) atoms. The number of rotatable bonds is 5. The lowest BCUT2D eigenvalue weighted by molar-refractivity contribution is -0.141. The van der Waals surface area contributed by atoms with Crippen LogP contribution in [0.25, 0.3) is 0 Å². The normalized spacial score (nSPS) is 14.8. The number of fused-ring (bicyclic) bond motifs is 1. The molecule has 1 heterocycles. The summed E-state index contributed by atoms with van der Waals surface area (Å²) in [5, 5.41) is 0. The van der Waals surface area contributed by atoms with Crippen molar-refractivity contribution in [3.63, 3.8) is 0 Å². The Labute approximate surface area is 135 Å². The summed E-state index contributed by atoms with van der Waals surface area (Å²) in [6.07, 6.45) is 0.208. The van der Waals surface area contributed by atoms with Gasteiger partial charge in [-0.2, -0.15) is 0 Å². The van der Waals surface area contributed by atoms with E-state index in [1.54, 1.807) is 12.1 Å². The van der Waals surface area contributed by atoms with Gasteiger partial charge in [-0.1, -0.05) is 6.07 Å². The molecule has 1 aromatic rings. The zero-order valence-corrected chi connectivity index (χ0v) is 13.6. The Bertz CT molecular complexity index is 603. The first-order chi connectivity index (χ1) is 9.95. The van der Waals surface area contributed by atoms with E-state index in [0.29, 0.717) is 12.1 Å². The molecule has 0 bridgehead atoms. The fourth-order valence-electron chi connectivity index (χ4n) is 2.38. The first kappa shape index (κ1) is 15.7. The van der Waals surface area contributed by atoms with Crippen LogP contribution in [0.3, 0.4) is 0 Å². The van der Waals surface area contributed by atoms with Crippen molar-refractivity contribution in [1.82, 2.24) is 4.90 Å². The highest BCUT2D eigenvalue weighted by Gasteiger charge is 2.36. The Morgan fingerprint density at radius 3 is 2.76 bits per heavy atom. The topological polar surface area (TPSA) is 89.7 Å². The van der Waals surface area contributed by atoms with E-state index in [0.717, 1.165) is 9.13 Å². The molecule has 112 valence electrons. The number of methoxy groups -OCH3 is 1. The van der Waals surface area contributed by atoms with E-state index in [-0.39, 0.29) is 18.7 Å². The quantitative estimate of drug-likeness (QED) is 0.589. The summed E-state index contributed by atoms with van der Waals surface area (Å²) >= 11 is 2.16. The number of ether oxygens (including phenoxy) is 1. The molecule has 0 saturated heterocycles. The largest absolute Gasteiger partial charge is 0.469 e. The van der Waals surface area contributed by atoms with Crippen molar-refractivity contribution in [3.8, 4) is 0 Å². The summed E-state index contributed by atoms with van der Waals surface area (Å²) in [7, 11) is 1.28. The fourth-order valence-corrected chi connectivity index (χ4v) is 3.05. The predicted octanol–water partition coefficient (Wildman–Crippen LogP) is 1.05. The number of primary amides is 1. The number of carbonyl (C=O) groups is 3. The summed E-state index contributed by atoms with van der Waals surface area (Å²) in [6.45, 7) is 0.335. The van der Waals surface area contributed by atoms with Gasteiger partial charge in [0.2, 0.25) is 5.91 Å².